The molecule has 0 aromatic carbocycles. The summed E-state index contributed by atoms with van der Waals surface area (Å²) in [4.78, 5) is 10.4. The van der Waals surface area contributed by atoms with Crippen molar-refractivity contribution in [3.63, 3.8) is 0 Å². The highest BCUT2D eigenvalue weighted by atomic mass is 16.4. The molecular formula is C8H12N2O2. The molecule has 0 bridgehead atoms. The molecule has 4 nitrogen and oxygen atoms in total. The topological polar surface area (TPSA) is 87.1 Å². The number of hydrogen-bond acceptors (Lipinski definition) is 3. The molecule has 0 aliphatic heterocycles. The summed E-state index contributed by atoms with van der Waals surface area (Å²) >= 11 is 0. The van der Waals surface area contributed by atoms with Crippen molar-refractivity contribution >= 4 is 5.97 Å². The molecule has 0 heterocycles. The van der Waals surface area contributed by atoms with Crippen molar-refractivity contribution in [2.24, 2.45) is 5.73 Å². The second kappa shape index (κ2) is 4.52. The average Bonchev–Trinajstić information content (AvgIpc) is 1.98. The number of hydrogen-bond donors (Lipinski definition) is 2. The van der Waals surface area contributed by atoms with E-state index in [2.05, 4.69) is 0 Å². The molecule has 66 valence electrons. The van der Waals surface area contributed by atoms with Crippen LogP contribution in [0.5, 0.6) is 0 Å². The molecule has 0 aliphatic rings. The lowest BCUT2D eigenvalue weighted by Crippen LogP contribution is -2.42. The molecule has 3 N–H and O–H groups in total. The first-order valence-electron chi connectivity index (χ1n) is 3.57. The van der Waals surface area contributed by atoms with Gasteiger partial charge >= 0.3 is 5.97 Å². The van der Waals surface area contributed by atoms with Gasteiger partial charge in [0, 0.05) is 6.42 Å². The lowest BCUT2D eigenvalue weighted by molar-refractivity contribution is -0.140. The zero-order valence-electron chi connectivity index (χ0n) is 6.95. The first-order valence-corrected chi connectivity index (χ1v) is 3.57. The lowest BCUT2D eigenvalue weighted by atomic mass is 10.0. The number of carboxylic acid groups (broad SMARTS) is 1. The van der Waals surface area contributed by atoms with E-state index in [0.717, 1.165) is 0 Å². The van der Waals surface area contributed by atoms with Gasteiger partial charge < -0.3 is 10.8 Å². The third-order valence-corrected chi connectivity index (χ3v) is 1.35. The maximum atomic E-state index is 10.4. The molecule has 0 amide bonds. The molecular weight excluding hydrogens is 156 g/mol. The molecule has 4 heteroatoms. The Balaban J connectivity index is 3.98. The van der Waals surface area contributed by atoms with E-state index in [4.69, 9.17) is 16.1 Å². The Morgan fingerprint density at radius 1 is 1.83 bits per heavy atom. The van der Waals surface area contributed by atoms with Crippen LogP contribution in [0.3, 0.4) is 0 Å². The number of nitrogens with zero attached hydrogens (tertiary/aromatic N) is 1. The summed E-state index contributed by atoms with van der Waals surface area (Å²) in [6.45, 7) is 1.40. The number of allylic oxidation sites excluding steroid dienone is 1. The van der Waals surface area contributed by atoms with Crippen molar-refractivity contribution < 1.29 is 9.90 Å². The smallest absolute Gasteiger partial charge is 0.327 e. The number of rotatable bonds is 4. The van der Waals surface area contributed by atoms with E-state index < -0.39 is 11.5 Å². The van der Waals surface area contributed by atoms with E-state index in [1.54, 1.807) is 6.08 Å². The van der Waals surface area contributed by atoms with Crippen LogP contribution in [-0.2, 0) is 4.79 Å². The van der Waals surface area contributed by atoms with Crippen molar-refractivity contribution in [2.45, 2.75) is 25.3 Å². The SMILES string of the molecule is CC(N)(/C=C\CCC#N)C(=O)O. The molecule has 0 aromatic rings. The zero-order chi connectivity index (χ0) is 9.61. The fraction of sp³-hybridized carbons (Fsp3) is 0.500. The number of aliphatic carboxylic acids is 1. The zero-order valence-corrected chi connectivity index (χ0v) is 6.95. The summed E-state index contributed by atoms with van der Waals surface area (Å²) in [5, 5.41) is 16.7. The summed E-state index contributed by atoms with van der Waals surface area (Å²) in [6.07, 6.45) is 3.92. The maximum absolute atomic E-state index is 10.4. The van der Waals surface area contributed by atoms with Gasteiger partial charge in [-0.15, -0.1) is 0 Å². The van der Waals surface area contributed by atoms with Crippen LogP contribution < -0.4 is 5.73 Å². The maximum Gasteiger partial charge on any atom is 0.327 e. The van der Waals surface area contributed by atoms with E-state index in [9.17, 15) is 4.79 Å². The number of carbonyl (C=O) groups is 1. The summed E-state index contributed by atoms with van der Waals surface area (Å²) in [7, 11) is 0. The number of nitriles is 1. The molecule has 0 saturated carbocycles. The molecule has 0 saturated heterocycles. The van der Waals surface area contributed by atoms with Crippen LogP contribution in [0.2, 0.25) is 0 Å². The fourth-order valence-electron chi connectivity index (χ4n) is 0.547. The third-order valence-electron chi connectivity index (χ3n) is 1.35. The van der Waals surface area contributed by atoms with Crippen LogP contribution in [0.1, 0.15) is 19.8 Å². The number of unbranched alkanes of at least 4 members (excludes halogenated alkanes) is 1. The van der Waals surface area contributed by atoms with Crippen LogP contribution in [0, 0.1) is 11.3 Å². The normalized spacial score (nSPS) is 15.4. The summed E-state index contributed by atoms with van der Waals surface area (Å²) in [5.74, 6) is -1.07. The Labute approximate surface area is 71.3 Å². The molecule has 1 atom stereocenters. The lowest BCUT2D eigenvalue weighted by Gasteiger charge is -2.12. The predicted octanol–water partition coefficient (Wildman–Crippen LogP) is 0.648. The van der Waals surface area contributed by atoms with Crippen molar-refractivity contribution in [2.75, 3.05) is 0 Å². The van der Waals surface area contributed by atoms with Gasteiger partial charge in [-0.1, -0.05) is 12.2 Å². The Hall–Kier alpha value is -1.34. The number of nitrogens with two attached hydrogens (primary N) is 1. The van der Waals surface area contributed by atoms with Crippen LogP contribution in [0.25, 0.3) is 0 Å². The van der Waals surface area contributed by atoms with Crippen molar-refractivity contribution in [1.82, 2.24) is 0 Å². The van der Waals surface area contributed by atoms with Gasteiger partial charge in [0.15, 0.2) is 0 Å². The fourth-order valence-corrected chi connectivity index (χ4v) is 0.547. The summed E-state index contributed by atoms with van der Waals surface area (Å²) < 4.78 is 0. The largest absolute Gasteiger partial charge is 0.480 e. The van der Waals surface area contributed by atoms with E-state index in [1.807, 2.05) is 6.07 Å². The van der Waals surface area contributed by atoms with E-state index in [0.29, 0.717) is 12.8 Å². The molecule has 0 aliphatic carbocycles. The Morgan fingerprint density at radius 2 is 2.42 bits per heavy atom. The van der Waals surface area contributed by atoms with Gasteiger partial charge in [0.1, 0.15) is 5.54 Å². The predicted molar refractivity (Wildman–Crippen MR) is 44.2 cm³/mol. The van der Waals surface area contributed by atoms with Gasteiger partial charge in [-0.3, -0.25) is 0 Å². The standard InChI is InChI=1S/C8H12N2O2/c1-8(10,7(11)12)5-3-2-4-6-9/h3,5H,2,4,10H2,1H3,(H,11,12)/b5-3-. The molecule has 0 radical (unpaired) electrons. The Morgan fingerprint density at radius 3 is 2.83 bits per heavy atom. The molecule has 0 rings (SSSR count). The van der Waals surface area contributed by atoms with Crippen LogP contribution in [-0.4, -0.2) is 16.6 Å². The van der Waals surface area contributed by atoms with Crippen LogP contribution >= 0.6 is 0 Å². The molecule has 0 spiro atoms. The van der Waals surface area contributed by atoms with Crippen molar-refractivity contribution in [1.29, 1.82) is 5.26 Å². The van der Waals surface area contributed by atoms with E-state index in [-0.39, 0.29) is 0 Å². The van der Waals surface area contributed by atoms with Crippen LogP contribution in [0.4, 0.5) is 0 Å². The molecule has 0 fully saturated rings. The van der Waals surface area contributed by atoms with Gasteiger partial charge in [-0.05, 0) is 13.3 Å². The van der Waals surface area contributed by atoms with Gasteiger partial charge in [-0.2, -0.15) is 5.26 Å². The quantitative estimate of drug-likeness (QED) is 0.476. The highest BCUT2D eigenvalue weighted by Gasteiger charge is 2.23. The van der Waals surface area contributed by atoms with Crippen molar-refractivity contribution in [3.05, 3.63) is 12.2 Å². The third kappa shape index (κ3) is 3.74. The van der Waals surface area contributed by atoms with Crippen molar-refractivity contribution in [3.8, 4) is 6.07 Å². The molecule has 1 unspecified atom stereocenters. The highest BCUT2D eigenvalue weighted by molar-refractivity contribution is 5.80. The second-order valence-electron chi connectivity index (χ2n) is 2.69. The van der Waals surface area contributed by atoms with E-state index >= 15 is 0 Å². The first-order chi connectivity index (χ1) is 5.50. The van der Waals surface area contributed by atoms with Gasteiger partial charge in [-0.25, -0.2) is 4.79 Å². The number of carboxylic acids is 1. The summed E-state index contributed by atoms with van der Waals surface area (Å²) in [5.41, 5.74) is 4.05. The monoisotopic (exact) mass is 168 g/mol. The highest BCUT2D eigenvalue weighted by Crippen LogP contribution is 2.02. The molecule has 0 aromatic heterocycles. The average molecular weight is 168 g/mol. The van der Waals surface area contributed by atoms with Crippen LogP contribution in [0.15, 0.2) is 12.2 Å². The van der Waals surface area contributed by atoms with Gasteiger partial charge in [0.2, 0.25) is 0 Å². The minimum absolute atomic E-state index is 0.381. The summed E-state index contributed by atoms with van der Waals surface area (Å²) in [6, 6.07) is 1.94. The Bertz CT molecular complexity index is 226. The second-order valence-corrected chi connectivity index (χ2v) is 2.69. The first kappa shape index (κ1) is 10.7. The van der Waals surface area contributed by atoms with Gasteiger partial charge in [0.05, 0.1) is 6.07 Å². The van der Waals surface area contributed by atoms with Gasteiger partial charge in [0.25, 0.3) is 0 Å². The minimum atomic E-state index is -1.32. The Kier molecular flexibility index (Phi) is 4.02. The minimum Gasteiger partial charge on any atom is -0.480 e. The molecule has 12 heavy (non-hydrogen) atoms. The van der Waals surface area contributed by atoms with E-state index in [1.165, 1.54) is 13.0 Å².